The average Bonchev–Trinajstić information content (AvgIpc) is 2.54. The molecular weight excluding hydrogens is 308 g/mol. The Balaban J connectivity index is 2.41. The number of nitrogens with zero attached hydrogens (tertiary/aromatic N) is 2. The van der Waals surface area contributed by atoms with Crippen LogP contribution in [0.2, 0.25) is 0 Å². The molecule has 1 rings (SSSR count). The molecule has 0 fully saturated rings. The number of carbonyl (C=O) groups is 2. The van der Waals surface area contributed by atoms with Gasteiger partial charge in [-0.05, 0) is 39.0 Å². The van der Waals surface area contributed by atoms with Gasteiger partial charge in [-0.25, -0.2) is 5.06 Å². The Hall–Kier alpha value is -1.92. The summed E-state index contributed by atoms with van der Waals surface area (Å²) < 4.78 is 0. The predicted octanol–water partition coefficient (Wildman–Crippen LogP) is 2.54. The van der Waals surface area contributed by atoms with E-state index in [1.54, 1.807) is 0 Å². The molecule has 1 N–H and O–H groups in total. The highest BCUT2D eigenvalue weighted by molar-refractivity contribution is 5.76. The number of benzene rings is 1. The van der Waals surface area contributed by atoms with Crippen molar-refractivity contribution in [2.45, 2.75) is 38.7 Å². The lowest BCUT2D eigenvalue weighted by Gasteiger charge is -2.21. The minimum Gasteiger partial charge on any atom is -0.481 e. The summed E-state index contributed by atoms with van der Waals surface area (Å²) in [6, 6.07) is 9.51. The van der Waals surface area contributed by atoms with Crippen molar-refractivity contribution in [2.75, 3.05) is 27.2 Å². The van der Waals surface area contributed by atoms with Crippen LogP contribution in [0.5, 0.6) is 0 Å². The van der Waals surface area contributed by atoms with Crippen molar-refractivity contribution in [3.8, 4) is 0 Å². The Morgan fingerprint density at radius 2 is 1.71 bits per heavy atom. The molecule has 0 aromatic heterocycles. The zero-order valence-corrected chi connectivity index (χ0v) is 14.6. The molecule has 0 aliphatic heterocycles. The molecule has 0 bridgehead atoms. The summed E-state index contributed by atoms with van der Waals surface area (Å²) in [6.07, 6.45) is 3.05. The largest absolute Gasteiger partial charge is 0.481 e. The van der Waals surface area contributed by atoms with Crippen molar-refractivity contribution < 1.29 is 19.5 Å². The van der Waals surface area contributed by atoms with E-state index in [1.165, 1.54) is 5.06 Å². The van der Waals surface area contributed by atoms with Gasteiger partial charge in [-0.1, -0.05) is 36.8 Å². The second kappa shape index (κ2) is 11.6. The van der Waals surface area contributed by atoms with Gasteiger partial charge in [0.2, 0.25) is 5.91 Å². The smallest absolute Gasteiger partial charge is 0.305 e. The molecule has 6 heteroatoms. The monoisotopic (exact) mass is 336 g/mol. The molecule has 6 nitrogen and oxygen atoms in total. The summed E-state index contributed by atoms with van der Waals surface area (Å²) in [5.41, 5.74) is 0.941. The maximum Gasteiger partial charge on any atom is 0.305 e. The maximum absolute atomic E-state index is 12.3. The molecule has 0 spiro atoms. The lowest BCUT2D eigenvalue weighted by Crippen LogP contribution is -2.33. The summed E-state index contributed by atoms with van der Waals surface area (Å²) in [5.74, 6) is -1.10. The Morgan fingerprint density at radius 1 is 1.00 bits per heavy atom. The van der Waals surface area contributed by atoms with E-state index in [0.717, 1.165) is 31.4 Å². The molecule has 1 amide bonds. The number of carboxylic acid groups (broad SMARTS) is 1. The van der Waals surface area contributed by atoms with Gasteiger partial charge in [0.1, 0.15) is 6.61 Å². The standard InChI is InChI=1S/C18H28N2O4/c1-19(2)13-8-4-7-11-17(21)20(14-12-18(22)23)24-15-16-9-5-3-6-10-16/h3,5-6,9-10H,4,7-8,11-15H2,1-2H3,(H,22,23). The Kier molecular flexibility index (Phi) is 9.72. The third kappa shape index (κ3) is 9.27. The summed E-state index contributed by atoms with van der Waals surface area (Å²) in [5, 5.41) is 10.0. The number of hydrogen-bond acceptors (Lipinski definition) is 4. The highest BCUT2D eigenvalue weighted by Gasteiger charge is 2.15. The first kappa shape index (κ1) is 20.1. The van der Waals surface area contributed by atoms with Crippen LogP contribution in [0.15, 0.2) is 30.3 Å². The second-order valence-corrected chi connectivity index (χ2v) is 6.01. The first-order chi connectivity index (χ1) is 11.5. The SMILES string of the molecule is CN(C)CCCCCC(=O)N(CCC(=O)O)OCc1ccccc1. The van der Waals surface area contributed by atoms with Crippen molar-refractivity contribution in [2.24, 2.45) is 0 Å². The van der Waals surface area contributed by atoms with E-state index in [9.17, 15) is 9.59 Å². The van der Waals surface area contributed by atoms with Crippen LogP contribution >= 0.6 is 0 Å². The minimum absolute atomic E-state index is 0.0682. The highest BCUT2D eigenvalue weighted by Crippen LogP contribution is 2.08. The van der Waals surface area contributed by atoms with Crippen molar-refractivity contribution in [3.05, 3.63) is 35.9 Å². The first-order valence-electron chi connectivity index (χ1n) is 8.32. The number of hydroxylamine groups is 2. The highest BCUT2D eigenvalue weighted by atomic mass is 16.7. The van der Waals surface area contributed by atoms with Gasteiger partial charge in [-0.2, -0.15) is 0 Å². The second-order valence-electron chi connectivity index (χ2n) is 6.01. The maximum atomic E-state index is 12.3. The lowest BCUT2D eigenvalue weighted by molar-refractivity contribution is -0.193. The van der Waals surface area contributed by atoms with E-state index in [0.29, 0.717) is 6.42 Å². The van der Waals surface area contributed by atoms with Crippen LogP contribution in [0.3, 0.4) is 0 Å². The summed E-state index contributed by atoms with van der Waals surface area (Å²) in [6.45, 7) is 1.33. The fraction of sp³-hybridized carbons (Fsp3) is 0.556. The molecule has 1 aromatic carbocycles. The van der Waals surface area contributed by atoms with Crippen molar-refractivity contribution in [1.29, 1.82) is 0 Å². The topological polar surface area (TPSA) is 70.1 Å². The molecular formula is C18H28N2O4. The lowest BCUT2D eigenvalue weighted by atomic mass is 10.2. The number of amides is 1. The first-order valence-corrected chi connectivity index (χ1v) is 8.32. The molecule has 0 saturated carbocycles. The van der Waals surface area contributed by atoms with Gasteiger partial charge >= 0.3 is 5.97 Å². The number of carbonyl (C=O) groups excluding carboxylic acids is 1. The molecule has 0 heterocycles. The van der Waals surface area contributed by atoms with Gasteiger partial charge in [0.15, 0.2) is 0 Å². The Morgan fingerprint density at radius 3 is 2.33 bits per heavy atom. The summed E-state index contributed by atoms with van der Waals surface area (Å²) >= 11 is 0. The number of hydrogen-bond donors (Lipinski definition) is 1. The predicted molar refractivity (Wildman–Crippen MR) is 92.2 cm³/mol. The molecule has 0 atom stereocenters. The number of carboxylic acids is 1. The van der Waals surface area contributed by atoms with Crippen LogP contribution in [0, 0.1) is 0 Å². The van der Waals surface area contributed by atoms with Crippen LogP contribution < -0.4 is 0 Å². The van der Waals surface area contributed by atoms with Crippen LogP contribution in [0.25, 0.3) is 0 Å². The Labute approximate surface area is 144 Å². The zero-order chi connectivity index (χ0) is 17.8. The summed E-state index contributed by atoms with van der Waals surface area (Å²) in [4.78, 5) is 30.7. The van der Waals surface area contributed by atoms with E-state index >= 15 is 0 Å². The molecule has 0 unspecified atom stereocenters. The van der Waals surface area contributed by atoms with E-state index in [2.05, 4.69) is 4.90 Å². The zero-order valence-electron chi connectivity index (χ0n) is 14.6. The van der Waals surface area contributed by atoms with E-state index in [4.69, 9.17) is 9.94 Å². The van der Waals surface area contributed by atoms with Crippen LogP contribution in [0.1, 0.15) is 37.7 Å². The van der Waals surface area contributed by atoms with Gasteiger partial charge in [0.05, 0.1) is 13.0 Å². The fourth-order valence-corrected chi connectivity index (χ4v) is 2.19. The van der Waals surface area contributed by atoms with E-state index < -0.39 is 5.97 Å². The van der Waals surface area contributed by atoms with Gasteiger partial charge in [0.25, 0.3) is 0 Å². The average molecular weight is 336 g/mol. The van der Waals surface area contributed by atoms with E-state index in [-0.39, 0.29) is 25.5 Å². The van der Waals surface area contributed by atoms with Crippen molar-refractivity contribution in [1.82, 2.24) is 9.96 Å². The molecule has 0 aliphatic carbocycles. The fourth-order valence-electron chi connectivity index (χ4n) is 2.19. The van der Waals surface area contributed by atoms with Gasteiger partial charge in [0, 0.05) is 6.42 Å². The molecule has 0 aliphatic rings. The summed E-state index contributed by atoms with van der Waals surface area (Å²) in [7, 11) is 4.05. The number of unbranched alkanes of at least 4 members (excludes halogenated alkanes) is 2. The van der Waals surface area contributed by atoms with Gasteiger partial charge in [-0.15, -0.1) is 0 Å². The van der Waals surface area contributed by atoms with E-state index in [1.807, 2.05) is 44.4 Å². The third-order valence-corrected chi connectivity index (χ3v) is 3.53. The van der Waals surface area contributed by atoms with Gasteiger partial charge < -0.3 is 10.0 Å². The van der Waals surface area contributed by atoms with Crippen molar-refractivity contribution >= 4 is 11.9 Å². The van der Waals surface area contributed by atoms with Crippen LogP contribution in [0.4, 0.5) is 0 Å². The molecule has 1 aromatic rings. The third-order valence-electron chi connectivity index (χ3n) is 3.53. The van der Waals surface area contributed by atoms with Gasteiger partial charge in [-0.3, -0.25) is 14.4 Å². The molecule has 0 radical (unpaired) electrons. The molecule has 134 valence electrons. The van der Waals surface area contributed by atoms with Crippen LogP contribution in [-0.2, 0) is 21.0 Å². The molecule has 0 saturated heterocycles. The van der Waals surface area contributed by atoms with Crippen molar-refractivity contribution in [3.63, 3.8) is 0 Å². The molecule has 24 heavy (non-hydrogen) atoms. The minimum atomic E-state index is -0.943. The Bertz CT molecular complexity index is 491. The van der Waals surface area contributed by atoms with Crippen LogP contribution in [-0.4, -0.2) is 54.1 Å². The number of rotatable bonds is 12. The quantitative estimate of drug-likeness (QED) is 0.469. The normalized spacial score (nSPS) is 10.8. The number of aliphatic carboxylic acids is 1.